The van der Waals surface area contributed by atoms with Crippen LogP contribution in [-0.2, 0) is 20.8 Å². The zero-order chi connectivity index (χ0) is 32.9. The molecule has 5 amide bonds. The molecule has 1 aromatic rings. The summed E-state index contributed by atoms with van der Waals surface area (Å²) in [5, 5.41) is 25.1. The van der Waals surface area contributed by atoms with Gasteiger partial charge in [0.1, 0.15) is 17.9 Å². The van der Waals surface area contributed by atoms with Crippen LogP contribution >= 0.6 is 0 Å². The molecule has 45 heavy (non-hydrogen) atoms. The third-order valence-corrected chi connectivity index (χ3v) is 9.46. The topological polar surface area (TPSA) is 160 Å². The first-order valence-electron chi connectivity index (χ1n) is 15.8. The van der Waals surface area contributed by atoms with Crippen molar-refractivity contribution in [1.82, 2.24) is 25.3 Å². The maximum absolute atomic E-state index is 14.1. The number of amides is 5. The molecule has 1 saturated carbocycles. The number of rotatable bonds is 7. The van der Waals surface area contributed by atoms with Crippen molar-refractivity contribution in [2.24, 2.45) is 11.3 Å². The quantitative estimate of drug-likeness (QED) is 0.359. The van der Waals surface area contributed by atoms with Gasteiger partial charge in [0.15, 0.2) is 0 Å². The summed E-state index contributed by atoms with van der Waals surface area (Å²) in [5.41, 5.74) is -0.431. The SMILES string of the molecule is CC(C)(C)NC(=O)C1(C2CCCCC2)CCN(C(=O)[C@@H](Cc2ccc(F)cc2)NC(=O)[C@@H]2CN(C(=O)O)CCN2C(=O)O)CC1. The standard InChI is InChI=1S/C32H46FN5O7/c1-31(2,3)35-28(41)32(22-7-5-4-6-8-22)13-15-36(16-14-32)27(40)24(19-21-9-11-23(33)12-10-21)34-26(39)25-20-37(29(42)43)17-18-38(25)30(44)45/h9-12,22,24-25H,4-8,13-20H2,1-3H3,(H,34,39)(H,35,41)(H,42,43)(H,44,45)/t24-,25+/m1/s1. The van der Waals surface area contributed by atoms with E-state index in [2.05, 4.69) is 10.6 Å². The highest BCUT2D eigenvalue weighted by Gasteiger charge is 2.49. The predicted octanol–water partition coefficient (Wildman–Crippen LogP) is 3.30. The van der Waals surface area contributed by atoms with Crippen LogP contribution in [0.2, 0.25) is 0 Å². The number of likely N-dealkylation sites (tertiary alicyclic amines) is 1. The molecule has 0 aromatic heterocycles. The molecule has 13 heteroatoms. The fraction of sp³-hybridized carbons (Fsp3) is 0.656. The minimum absolute atomic E-state index is 0.0132. The normalized spacial score (nSPS) is 21.5. The number of hydrogen-bond acceptors (Lipinski definition) is 5. The number of carbonyl (C=O) groups is 5. The first-order valence-corrected chi connectivity index (χ1v) is 15.8. The highest BCUT2D eigenvalue weighted by Crippen LogP contribution is 2.46. The van der Waals surface area contributed by atoms with Gasteiger partial charge >= 0.3 is 12.2 Å². The first kappa shape index (κ1) is 34.0. The third-order valence-electron chi connectivity index (χ3n) is 9.46. The number of carboxylic acid groups (broad SMARTS) is 2. The van der Waals surface area contributed by atoms with Crippen molar-refractivity contribution in [2.45, 2.75) is 89.8 Å². The largest absolute Gasteiger partial charge is 0.465 e. The van der Waals surface area contributed by atoms with E-state index in [4.69, 9.17) is 0 Å². The molecule has 2 saturated heterocycles. The van der Waals surface area contributed by atoms with E-state index in [-0.39, 0.29) is 37.9 Å². The Kier molecular flexibility index (Phi) is 10.6. The van der Waals surface area contributed by atoms with Gasteiger partial charge in [0, 0.05) is 38.1 Å². The maximum atomic E-state index is 14.1. The number of hydrogen-bond donors (Lipinski definition) is 4. The number of nitrogens with one attached hydrogen (secondary N) is 2. The van der Waals surface area contributed by atoms with Gasteiger partial charge in [-0.3, -0.25) is 19.3 Å². The Morgan fingerprint density at radius 2 is 1.53 bits per heavy atom. The Bertz CT molecular complexity index is 1250. The molecule has 0 unspecified atom stereocenters. The number of piperidine rings is 1. The van der Waals surface area contributed by atoms with E-state index in [0.717, 1.165) is 41.9 Å². The Hall–Kier alpha value is -3.90. The minimum Gasteiger partial charge on any atom is -0.465 e. The lowest BCUT2D eigenvalue weighted by molar-refractivity contribution is -0.147. The van der Waals surface area contributed by atoms with Crippen LogP contribution in [0, 0.1) is 17.2 Å². The summed E-state index contributed by atoms with van der Waals surface area (Å²) in [6.07, 6.45) is 3.53. The van der Waals surface area contributed by atoms with E-state index in [1.54, 1.807) is 4.90 Å². The molecule has 2 aliphatic heterocycles. The van der Waals surface area contributed by atoms with E-state index in [1.165, 1.54) is 24.3 Å². The van der Waals surface area contributed by atoms with Gasteiger partial charge in [0.25, 0.3) is 0 Å². The molecule has 248 valence electrons. The molecule has 2 atom stereocenters. The van der Waals surface area contributed by atoms with Crippen molar-refractivity contribution in [3.8, 4) is 0 Å². The van der Waals surface area contributed by atoms with Crippen LogP contribution < -0.4 is 10.6 Å². The fourth-order valence-corrected chi connectivity index (χ4v) is 7.02. The van der Waals surface area contributed by atoms with Gasteiger partial charge in [-0.2, -0.15) is 0 Å². The van der Waals surface area contributed by atoms with Crippen molar-refractivity contribution in [1.29, 1.82) is 0 Å². The highest BCUT2D eigenvalue weighted by atomic mass is 19.1. The van der Waals surface area contributed by atoms with E-state index < -0.39 is 52.9 Å². The summed E-state index contributed by atoms with van der Waals surface area (Å²) >= 11 is 0. The van der Waals surface area contributed by atoms with Crippen LogP contribution in [0.25, 0.3) is 0 Å². The summed E-state index contributed by atoms with van der Waals surface area (Å²) in [6.45, 7) is 5.82. The van der Waals surface area contributed by atoms with Crippen molar-refractivity contribution in [2.75, 3.05) is 32.7 Å². The van der Waals surface area contributed by atoms with Gasteiger partial charge in [-0.25, -0.2) is 14.0 Å². The van der Waals surface area contributed by atoms with E-state index in [0.29, 0.717) is 31.5 Å². The molecule has 4 N–H and O–H groups in total. The molecule has 0 radical (unpaired) electrons. The molecule has 4 rings (SSSR count). The van der Waals surface area contributed by atoms with Crippen molar-refractivity contribution in [3.05, 3.63) is 35.6 Å². The lowest BCUT2D eigenvalue weighted by Crippen LogP contribution is -2.63. The summed E-state index contributed by atoms with van der Waals surface area (Å²) in [4.78, 5) is 68.4. The van der Waals surface area contributed by atoms with Crippen molar-refractivity contribution >= 4 is 29.9 Å². The molecule has 3 aliphatic rings. The predicted molar refractivity (Wildman–Crippen MR) is 163 cm³/mol. The highest BCUT2D eigenvalue weighted by molar-refractivity contribution is 5.92. The second-order valence-corrected chi connectivity index (χ2v) is 13.6. The molecule has 12 nitrogen and oxygen atoms in total. The summed E-state index contributed by atoms with van der Waals surface area (Å²) in [7, 11) is 0. The number of nitrogens with zero attached hydrogens (tertiary/aromatic N) is 3. The minimum atomic E-state index is -1.37. The Balaban J connectivity index is 1.55. The van der Waals surface area contributed by atoms with Crippen molar-refractivity contribution < 1.29 is 38.6 Å². The zero-order valence-corrected chi connectivity index (χ0v) is 26.4. The zero-order valence-electron chi connectivity index (χ0n) is 26.4. The number of carbonyl (C=O) groups excluding carboxylic acids is 3. The van der Waals surface area contributed by atoms with E-state index in [1.807, 2.05) is 20.8 Å². The van der Waals surface area contributed by atoms with Gasteiger partial charge in [-0.1, -0.05) is 31.4 Å². The summed E-state index contributed by atoms with van der Waals surface area (Å²) in [6, 6.07) is 3.06. The lowest BCUT2D eigenvalue weighted by atomic mass is 9.63. The molecule has 3 fully saturated rings. The van der Waals surface area contributed by atoms with Gasteiger partial charge < -0.3 is 30.6 Å². The molecular formula is C32H46FN5O7. The van der Waals surface area contributed by atoms with Crippen LogP contribution in [0.4, 0.5) is 14.0 Å². The second-order valence-electron chi connectivity index (χ2n) is 13.6. The monoisotopic (exact) mass is 631 g/mol. The van der Waals surface area contributed by atoms with Gasteiger partial charge in [0.05, 0.1) is 12.0 Å². The third kappa shape index (κ3) is 8.23. The molecule has 0 spiro atoms. The fourth-order valence-electron chi connectivity index (χ4n) is 7.02. The molecule has 2 heterocycles. The van der Waals surface area contributed by atoms with Gasteiger partial charge in [0.2, 0.25) is 17.7 Å². The van der Waals surface area contributed by atoms with Crippen LogP contribution in [0.1, 0.15) is 71.3 Å². The summed E-state index contributed by atoms with van der Waals surface area (Å²) in [5.74, 6) is -1.41. The number of halogens is 1. The van der Waals surface area contributed by atoms with Crippen LogP contribution in [-0.4, -0.2) is 105 Å². The molecule has 1 aromatic carbocycles. The van der Waals surface area contributed by atoms with Gasteiger partial charge in [-0.15, -0.1) is 0 Å². The Labute approximate surface area is 263 Å². The Morgan fingerprint density at radius 1 is 0.911 bits per heavy atom. The Morgan fingerprint density at radius 3 is 2.09 bits per heavy atom. The van der Waals surface area contributed by atoms with Gasteiger partial charge in [-0.05, 0) is 70.1 Å². The number of piperazine rings is 1. The van der Waals surface area contributed by atoms with Crippen LogP contribution in [0.15, 0.2) is 24.3 Å². The van der Waals surface area contributed by atoms with E-state index in [9.17, 15) is 38.6 Å². The van der Waals surface area contributed by atoms with Crippen LogP contribution in [0.3, 0.4) is 0 Å². The van der Waals surface area contributed by atoms with E-state index >= 15 is 0 Å². The molecule has 1 aliphatic carbocycles. The smallest absolute Gasteiger partial charge is 0.408 e. The van der Waals surface area contributed by atoms with Crippen molar-refractivity contribution in [3.63, 3.8) is 0 Å². The van der Waals surface area contributed by atoms with Crippen LogP contribution in [0.5, 0.6) is 0 Å². The molecular weight excluding hydrogens is 585 g/mol. The molecule has 0 bridgehead atoms. The second kappa shape index (κ2) is 14.0. The first-order chi connectivity index (χ1) is 21.2. The average molecular weight is 632 g/mol. The number of benzene rings is 1. The average Bonchev–Trinajstić information content (AvgIpc) is 3.00. The maximum Gasteiger partial charge on any atom is 0.408 e. The summed E-state index contributed by atoms with van der Waals surface area (Å²) < 4.78 is 13.7. The lowest BCUT2D eigenvalue weighted by Gasteiger charge is -2.48.